The summed E-state index contributed by atoms with van der Waals surface area (Å²) >= 11 is 0. The van der Waals surface area contributed by atoms with E-state index >= 15 is 0 Å². The van der Waals surface area contributed by atoms with Crippen molar-refractivity contribution >= 4 is 0 Å². The molecule has 0 unspecified atom stereocenters. The Hall–Kier alpha value is -0.0800. The second kappa shape index (κ2) is 3.94. The smallest absolute Gasteiger partial charge is 0.0223 e. The maximum absolute atomic E-state index is 5.76. The van der Waals surface area contributed by atoms with Crippen molar-refractivity contribution in [3.8, 4) is 0 Å². The number of nitrogens with two attached hydrogens (primary N) is 1. The fraction of sp³-hybridized carbons (Fsp3) is 1.00. The predicted octanol–water partition coefficient (Wildman–Crippen LogP) is 0.969. The van der Waals surface area contributed by atoms with Crippen molar-refractivity contribution in [1.29, 1.82) is 0 Å². The molecule has 0 atom stereocenters. The van der Waals surface area contributed by atoms with Crippen LogP contribution in [0.3, 0.4) is 0 Å². The third-order valence-electron chi connectivity index (χ3n) is 1.13. The Balaban J connectivity index is 3.21. The van der Waals surface area contributed by atoms with E-state index in [1.54, 1.807) is 0 Å². The van der Waals surface area contributed by atoms with E-state index in [-0.39, 0.29) is 5.54 Å². The number of nitrogens with one attached hydrogen (secondary N) is 1. The molecule has 2 nitrogen and oxygen atoms in total. The van der Waals surface area contributed by atoms with E-state index in [0.29, 0.717) is 5.92 Å². The van der Waals surface area contributed by atoms with Gasteiger partial charge in [-0.15, -0.1) is 0 Å². The summed E-state index contributed by atoms with van der Waals surface area (Å²) in [6.07, 6.45) is 0. The molecule has 0 aromatic rings. The van der Waals surface area contributed by atoms with Crippen LogP contribution in [0.25, 0.3) is 0 Å². The molecule has 0 amide bonds. The van der Waals surface area contributed by atoms with Crippen LogP contribution in [0.4, 0.5) is 0 Å². The summed E-state index contributed by atoms with van der Waals surface area (Å²) in [6.45, 7) is 10.4. The molecular weight excluding hydrogens is 124 g/mol. The van der Waals surface area contributed by atoms with Crippen molar-refractivity contribution in [2.45, 2.75) is 33.2 Å². The van der Waals surface area contributed by atoms with E-state index < -0.39 is 0 Å². The average molecular weight is 144 g/mol. The molecule has 0 saturated carbocycles. The Morgan fingerprint density at radius 3 is 2.20 bits per heavy atom. The molecule has 3 N–H and O–H groups in total. The molecule has 0 aromatic carbocycles. The van der Waals surface area contributed by atoms with Gasteiger partial charge in [-0.05, 0) is 26.3 Å². The lowest BCUT2D eigenvalue weighted by Gasteiger charge is -2.19. The van der Waals surface area contributed by atoms with Gasteiger partial charge in [0.05, 0.1) is 0 Å². The summed E-state index contributed by atoms with van der Waals surface area (Å²) < 4.78 is 0. The SMILES string of the molecule is CC(C)CNCC(C)(C)N. The lowest BCUT2D eigenvalue weighted by Crippen LogP contribution is -2.43. The average Bonchev–Trinajstić information content (AvgIpc) is 1.59. The first-order valence-electron chi connectivity index (χ1n) is 3.91. The largest absolute Gasteiger partial charge is 0.324 e. The molecule has 0 fully saturated rings. The Morgan fingerprint density at radius 2 is 1.90 bits per heavy atom. The molecule has 0 aliphatic carbocycles. The fourth-order valence-corrected chi connectivity index (χ4v) is 0.683. The van der Waals surface area contributed by atoms with Gasteiger partial charge >= 0.3 is 0 Å². The first kappa shape index (κ1) is 9.92. The van der Waals surface area contributed by atoms with Gasteiger partial charge in [0.1, 0.15) is 0 Å². The lowest BCUT2D eigenvalue weighted by molar-refractivity contribution is 0.442. The van der Waals surface area contributed by atoms with Gasteiger partial charge in [-0.1, -0.05) is 13.8 Å². The maximum Gasteiger partial charge on any atom is 0.0223 e. The third kappa shape index (κ3) is 7.92. The molecule has 0 aromatic heterocycles. The highest BCUT2D eigenvalue weighted by Gasteiger charge is 2.08. The van der Waals surface area contributed by atoms with Crippen molar-refractivity contribution in [2.75, 3.05) is 13.1 Å². The van der Waals surface area contributed by atoms with Crippen LogP contribution in [0.1, 0.15) is 27.7 Å². The maximum atomic E-state index is 5.76. The van der Waals surface area contributed by atoms with Gasteiger partial charge < -0.3 is 11.1 Å². The molecule has 0 spiro atoms. The standard InChI is InChI=1S/C8H20N2/c1-7(2)5-10-6-8(3,4)9/h7,10H,5-6,9H2,1-4H3. The number of hydrogen-bond acceptors (Lipinski definition) is 2. The predicted molar refractivity (Wildman–Crippen MR) is 46.0 cm³/mol. The normalized spacial score (nSPS) is 12.6. The summed E-state index contributed by atoms with van der Waals surface area (Å²) in [5.74, 6) is 0.711. The summed E-state index contributed by atoms with van der Waals surface area (Å²) in [7, 11) is 0. The molecule has 0 heterocycles. The quantitative estimate of drug-likeness (QED) is 0.617. The second-order valence-corrected chi connectivity index (χ2v) is 4.01. The number of hydrogen-bond donors (Lipinski definition) is 2. The van der Waals surface area contributed by atoms with E-state index in [1.807, 2.05) is 13.8 Å². The van der Waals surface area contributed by atoms with Gasteiger partial charge in [-0.25, -0.2) is 0 Å². The first-order valence-corrected chi connectivity index (χ1v) is 3.91. The van der Waals surface area contributed by atoms with Gasteiger partial charge in [0.25, 0.3) is 0 Å². The van der Waals surface area contributed by atoms with Crippen LogP contribution < -0.4 is 11.1 Å². The van der Waals surface area contributed by atoms with E-state index in [1.165, 1.54) is 0 Å². The van der Waals surface area contributed by atoms with Crippen LogP contribution in [0, 0.1) is 5.92 Å². The van der Waals surface area contributed by atoms with Gasteiger partial charge in [0.15, 0.2) is 0 Å². The lowest BCUT2D eigenvalue weighted by atomic mass is 10.1. The van der Waals surface area contributed by atoms with Crippen LogP contribution in [-0.4, -0.2) is 18.6 Å². The van der Waals surface area contributed by atoms with Crippen molar-refractivity contribution in [1.82, 2.24) is 5.32 Å². The molecule has 0 bridgehead atoms. The molecule has 2 heteroatoms. The minimum absolute atomic E-state index is 0.0745. The van der Waals surface area contributed by atoms with Crippen LogP contribution >= 0.6 is 0 Å². The molecule has 0 aliphatic heterocycles. The van der Waals surface area contributed by atoms with Crippen molar-refractivity contribution in [3.63, 3.8) is 0 Å². The topological polar surface area (TPSA) is 38.0 Å². The third-order valence-corrected chi connectivity index (χ3v) is 1.13. The molecule has 0 aliphatic rings. The first-order chi connectivity index (χ1) is 4.42. The minimum Gasteiger partial charge on any atom is -0.324 e. The van der Waals surface area contributed by atoms with E-state index in [2.05, 4.69) is 19.2 Å². The molecule has 0 rings (SSSR count). The summed E-state index contributed by atoms with van der Waals surface area (Å²) in [6, 6.07) is 0. The zero-order chi connectivity index (χ0) is 8.20. The fourth-order valence-electron chi connectivity index (χ4n) is 0.683. The van der Waals surface area contributed by atoms with E-state index in [0.717, 1.165) is 13.1 Å². The molecule has 0 saturated heterocycles. The Morgan fingerprint density at radius 1 is 1.40 bits per heavy atom. The Kier molecular flexibility index (Phi) is 3.91. The highest BCUT2D eigenvalue weighted by Crippen LogP contribution is 1.94. The molecule has 10 heavy (non-hydrogen) atoms. The molecule has 62 valence electrons. The van der Waals surface area contributed by atoms with E-state index in [9.17, 15) is 0 Å². The monoisotopic (exact) mass is 144 g/mol. The van der Waals surface area contributed by atoms with E-state index in [4.69, 9.17) is 5.73 Å². The summed E-state index contributed by atoms with van der Waals surface area (Å²) in [5.41, 5.74) is 5.68. The Bertz CT molecular complexity index is 81.7. The van der Waals surface area contributed by atoms with Gasteiger partial charge in [-0.3, -0.25) is 0 Å². The summed E-state index contributed by atoms with van der Waals surface area (Å²) in [5, 5.41) is 3.30. The van der Waals surface area contributed by atoms with Crippen LogP contribution in [0.2, 0.25) is 0 Å². The van der Waals surface area contributed by atoms with Gasteiger partial charge in [0.2, 0.25) is 0 Å². The van der Waals surface area contributed by atoms with Gasteiger partial charge in [-0.2, -0.15) is 0 Å². The minimum atomic E-state index is -0.0745. The second-order valence-electron chi connectivity index (χ2n) is 4.01. The van der Waals surface area contributed by atoms with Crippen LogP contribution in [-0.2, 0) is 0 Å². The zero-order valence-electron chi connectivity index (χ0n) is 7.57. The van der Waals surface area contributed by atoms with Crippen molar-refractivity contribution in [2.24, 2.45) is 11.7 Å². The Labute approximate surface area is 64.2 Å². The van der Waals surface area contributed by atoms with Crippen molar-refractivity contribution < 1.29 is 0 Å². The highest BCUT2D eigenvalue weighted by atomic mass is 14.9. The zero-order valence-corrected chi connectivity index (χ0v) is 7.57. The van der Waals surface area contributed by atoms with Crippen LogP contribution in [0.15, 0.2) is 0 Å². The van der Waals surface area contributed by atoms with Gasteiger partial charge in [0, 0.05) is 12.1 Å². The highest BCUT2D eigenvalue weighted by molar-refractivity contribution is 4.74. The molecular formula is C8H20N2. The number of rotatable bonds is 4. The molecule has 0 radical (unpaired) electrons. The van der Waals surface area contributed by atoms with Crippen molar-refractivity contribution in [3.05, 3.63) is 0 Å². The summed E-state index contributed by atoms with van der Waals surface area (Å²) in [4.78, 5) is 0. The van der Waals surface area contributed by atoms with Crippen LogP contribution in [0.5, 0.6) is 0 Å².